The van der Waals surface area contributed by atoms with Gasteiger partial charge in [0.1, 0.15) is 5.75 Å². The Labute approximate surface area is 166 Å². The van der Waals surface area contributed by atoms with Gasteiger partial charge in [-0.3, -0.25) is 9.36 Å². The molecule has 0 unspecified atom stereocenters. The molecule has 0 spiro atoms. The van der Waals surface area contributed by atoms with Crippen LogP contribution in [0, 0.1) is 0 Å². The van der Waals surface area contributed by atoms with Gasteiger partial charge in [0.25, 0.3) is 0 Å². The van der Waals surface area contributed by atoms with Crippen LogP contribution in [0.25, 0.3) is 10.7 Å². The summed E-state index contributed by atoms with van der Waals surface area (Å²) in [6.45, 7) is 1.89. The van der Waals surface area contributed by atoms with E-state index in [4.69, 9.17) is 4.74 Å². The number of carbonyl (C=O) groups is 1. The van der Waals surface area contributed by atoms with Crippen LogP contribution < -0.4 is 10.1 Å². The fourth-order valence-electron chi connectivity index (χ4n) is 2.72. The second-order valence-electron chi connectivity index (χ2n) is 6.36. The van der Waals surface area contributed by atoms with Gasteiger partial charge in [-0.2, -0.15) is 0 Å². The van der Waals surface area contributed by atoms with Crippen LogP contribution in [0.15, 0.2) is 46.9 Å². The summed E-state index contributed by atoms with van der Waals surface area (Å²) in [5.41, 5.74) is 0.746. The highest BCUT2D eigenvalue weighted by atomic mass is 32.2. The zero-order chi connectivity index (χ0) is 18.8. The Kier molecular flexibility index (Phi) is 5.18. The second kappa shape index (κ2) is 7.74. The van der Waals surface area contributed by atoms with Crippen LogP contribution in [0.5, 0.6) is 5.75 Å². The lowest BCUT2D eigenvalue weighted by Crippen LogP contribution is -2.22. The van der Waals surface area contributed by atoms with Crippen molar-refractivity contribution in [3.63, 3.8) is 0 Å². The fourth-order valence-corrected chi connectivity index (χ4v) is 4.35. The standard InChI is InChI=1S/C19H20N4O2S2/c1-12(18(24)20-13-5-9-15(25-2)10-6-13)27-19-22-21-17(16-4-3-11-26-16)23(19)14-7-8-14/h3-6,9-12,14H,7-8H2,1-2H3,(H,20,24)/t12-/m0/s1. The van der Waals surface area contributed by atoms with E-state index in [1.807, 2.05) is 42.6 Å². The number of thioether (sulfide) groups is 1. The van der Waals surface area contributed by atoms with Crippen molar-refractivity contribution in [1.29, 1.82) is 0 Å². The molecule has 6 nitrogen and oxygen atoms in total. The van der Waals surface area contributed by atoms with Crippen LogP contribution in [0.3, 0.4) is 0 Å². The number of thiophene rings is 1. The van der Waals surface area contributed by atoms with Crippen molar-refractivity contribution in [2.75, 3.05) is 12.4 Å². The predicted octanol–water partition coefficient (Wildman–Crippen LogP) is 4.47. The van der Waals surface area contributed by atoms with Crippen LogP contribution in [-0.4, -0.2) is 33.0 Å². The molecular weight excluding hydrogens is 380 g/mol. The summed E-state index contributed by atoms with van der Waals surface area (Å²) in [5, 5.41) is 14.3. The molecule has 3 aromatic rings. The molecule has 27 heavy (non-hydrogen) atoms. The number of hydrogen-bond donors (Lipinski definition) is 1. The minimum Gasteiger partial charge on any atom is -0.497 e. The zero-order valence-electron chi connectivity index (χ0n) is 15.1. The largest absolute Gasteiger partial charge is 0.497 e. The second-order valence-corrected chi connectivity index (χ2v) is 8.62. The lowest BCUT2D eigenvalue weighted by atomic mass is 10.3. The number of nitrogens with zero attached hydrogens (tertiary/aromatic N) is 3. The summed E-state index contributed by atoms with van der Waals surface area (Å²) < 4.78 is 7.33. The Morgan fingerprint density at radius 3 is 2.70 bits per heavy atom. The number of ether oxygens (including phenoxy) is 1. The van der Waals surface area contributed by atoms with E-state index in [1.54, 1.807) is 18.4 Å². The summed E-state index contributed by atoms with van der Waals surface area (Å²) in [7, 11) is 1.62. The molecule has 4 rings (SSSR count). The average molecular weight is 401 g/mol. The minimum absolute atomic E-state index is 0.0619. The molecule has 1 N–H and O–H groups in total. The van der Waals surface area contributed by atoms with Gasteiger partial charge in [-0.15, -0.1) is 21.5 Å². The topological polar surface area (TPSA) is 69.0 Å². The first kappa shape index (κ1) is 18.1. The van der Waals surface area contributed by atoms with Gasteiger partial charge in [-0.05, 0) is 55.5 Å². The maximum atomic E-state index is 12.6. The monoisotopic (exact) mass is 400 g/mol. The van der Waals surface area contributed by atoms with Crippen molar-refractivity contribution in [3.8, 4) is 16.5 Å². The van der Waals surface area contributed by atoms with Gasteiger partial charge in [0.2, 0.25) is 5.91 Å². The van der Waals surface area contributed by atoms with Crippen molar-refractivity contribution in [2.24, 2.45) is 0 Å². The lowest BCUT2D eigenvalue weighted by Gasteiger charge is -2.13. The van der Waals surface area contributed by atoms with Gasteiger partial charge < -0.3 is 10.1 Å². The summed E-state index contributed by atoms with van der Waals surface area (Å²) in [6.07, 6.45) is 2.27. The SMILES string of the molecule is COc1ccc(NC(=O)[C@H](C)Sc2nnc(-c3cccs3)n2C2CC2)cc1. The lowest BCUT2D eigenvalue weighted by molar-refractivity contribution is -0.115. The summed E-state index contributed by atoms with van der Waals surface area (Å²) in [4.78, 5) is 13.7. The van der Waals surface area contributed by atoms with Crippen LogP contribution in [0.4, 0.5) is 5.69 Å². The molecule has 1 atom stereocenters. The third-order valence-corrected chi connectivity index (χ3v) is 6.25. The minimum atomic E-state index is -0.287. The third kappa shape index (κ3) is 4.01. The van der Waals surface area contributed by atoms with Crippen molar-refractivity contribution in [3.05, 3.63) is 41.8 Å². The van der Waals surface area contributed by atoms with E-state index in [0.717, 1.165) is 40.1 Å². The van der Waals surface area contributed by atoms with Gasteiger partial charge >= 0.3 is 0 Å². The van der Waals surface area contributed by atoms with E-state index in [1.165, 1.54) is 11.8 Å². The van der Waals surface area contributed by atoms with E-state index < -0.39 is 0 Å². The molecule has 1 aromatic carbocycles. The summed E-state index contributed by atoms with van der Waals surface area (Å²) >= 11 is 3.11. The number of amides is 1. The molecule has 140 valence electrons. The number of benzene rings is 1. The molecule has 2 aromatic heterocycles. The maximum absolute atomic E-state index is 12.6. The number of hydrogen-bond acceptors (Lipinski definition) is 6. The van der Waals surface area contributed by atoms with E-state index in [0.29, 0.717) is 6.04 Å². The first-order valence-corrected chi connectivity index (χ1v) is 10.5. The van der Waals surface area contributed by atoms with Crippen molar-refractivity contribution < 1.29 is 9.53 Å². The summed E-state index contributed by atoms with van der Waals surface area (Å²) in [5.74, 6) is 1.60. The van der Waals surface area contributed by atoms with E-state index in [9.17, 15) is 4.79 Å². The smallest absolute Gasteiger partial charge is 0.237 e. The van der Waals surface area contributed by atoms with Gasteiger partial charge in [0.05, 0.1) is 17.2 Å². The quantitative estimate of drug-likeness (QED) is 0.593. The fraction of sp³-hybridized carbons (Fsp3) is 0.316. The van der Waals surface area contributed by atoms with Crippen LogP contribution in [0.2, 0.25) is 0 Å². The highest BCUT2D eigenvalue weighted by Gasteiger charge is 2.31. The normalized spacial score (nSPS) is 14.7. The number of carbonyl (C=O) groups excluding carboxylic acids is 1. The molecule has 1 amide bonds. The number of rotatable bonds is 7. The van der Waals surface area contributed by atoms with E-state index in [-0.39, 0.29) is 11.2 Å². The Morgan fingerprint density at radius 1 is 1.30 bits per heavy atom. The van der Waals surface area contributed by atoms with Crippen LogP contribution in [0.1, 0.15) is 25.8 Å². The van der Waals surface area contributed by atoms with Gasteiger partial charge in [0.15, 0.2) is 11.0 Å². The first-order chi connectivity index (χ1) is 13.2. The molecule has 1 fully saturated rings. The molecule has 1 aliphatic carbocycles. The molecule has 8 heteroatoms. The molecule has 1 saturated carbocycles. The number of aromatic nitrogens is 3. The van der Waals surface area contributed by atoms with Crippen LogP contribution in [-0.2, 0) is 4.79 Å². The molecule has 0 aliphatic heterocycles. The maximum Gasteiger partial charge on any atom is 0.237 e. The Morgan fingerprint density at radius 2 is 2.07 bits per heavy atom. The van der Waals surface area contributed by atoms with E-state index >= 15 is 0 Å². The van der Waals surface area contributed by atoms with Crippen LogP contribution >= 0.6 is 23.1 Å². The van der Waals surface area contributed by atoms with Gasteiger partial charge in [-0.25, -0.2) is 0 Å². The van der Waals surface area contributed by atoms with E-state index in [2.05, 4.69) is 26.1 Å². The Balaban J connectivity index is 1.47. The Bertz CT molecular complexity index is 918. The molecule has 0 bridgehead atoms. The van der Waals surface area contributed by atoms with Gasteiger partial charge in [-0.1, -0.05) is 17.8 Å². The third-order valence-electron chi connectivity index (χ3n) is 4.33. The van der Waals surface area contributed by atoms with Crippen molar-refractivity contribution in [1.82, 2.24) is 14.8 Å². The highest BCUT2D eigenvalue weighted by Crippen LogP contribution is 2.42. The predicted molar refractivity (Wildman–Crippen MR) is 109 cm³/mol. The average Bonchev–Trinajstić information content (AvgIpc) is 3.20. The summed E-state index contributed by atoms with van der Waals surface area (Å²) in [6, 6.07) is 11.8. The number of nitrogens with one attached hydrogen (secondary N) is 1. The van der Waals surface area contributed by atoms with Crippen molar-refractivity contribution >= 4 is 34.7 Å². The highest BCUT2D eigenvalue weighted by molar-refractivity contribution is 8.00. The van der Waals surface area contributed by atoms with Crippen molar-refractivity contribution in [2.45, 2.75) is 36.2 Å². The number of methoxy groups -OCH3 is 1. The molecular formula is C19H20N4O2S2. The molecule has 0 radical (unpaired) electrons. The number of anilines is 1. The molecule has 2 heterocycles. The van der Waals surface area contributed by atoms with Gasteiger partial charge in [0, 0.05) is 11.7 Å². The zero-order valence-corrected chi connectivity index (χ0v) is 16.7. The molecule has 0 saturated heterocycles. The molecule has 1 aliphatic rings. The first-order valence-electron chi connectivity index (χ1n) is 8.76. The Hall–Kier alpha value is -2.32.